The van der Waals surface area contributed by atoms with Crippen LogP contribution in [0.3, 0.4) is 0 Å². The van der Waals surface area contributed by atoms with Gasteiger partial charge in [-0.15, -0.1) is 0 Å². The standard InChI is InChI=1S/C29H33N3O3/c1-19-13-20(18-32-11-9-22(10-12-32)31-28(33)35-29(2,3)4)14-23-24(19)16-30-17-25(23)27-15-21-7-5-6-8-26(21)34-27/h5-8,13-17,22H,9-12,18H2,1-4H3,(H,31,33). The predicted octanol–water partition coefficient (Wildman–Crippen LogP) is 6.45. The Morgan fingerprint density at radius 2 is 1.89 bits per heavy atom. The fourth-order valence-electron chi connectivity index (χ4n) is 4.89. The molecule has 6 heteroatoms. The molecule has 0 spiro atoms. The molecule has 1 aliphatic rings. The summed E-state index contributed by atoms with van der Waals surface area (Å²) in [5, 5.41) is 6.43. The van der Waals surface area contributed by atoms with Crippen molar-refractivity contribution in [1.82, 2.24) is 15.2 Å². The molecular weight excluding hydrogens is 438 g/mol. The Balaban J connectivity index is 1.32. The number of carbonyl (C=O) groups is 1. The highest BCUT2D eigenvalue weighted by atomic mass is 16.6. The number of para-hydroxylation sites is 1. The molecule has 5 rings (SSSR count). The van der Waals surface area contributed by atoms with Gasteiger partial charge in [0, 0.05) is 54.4 Å². The van der Waals surface area contributed by atoms with Gasteiger partial charge >= 0.3 is 6.09 Å². The van der Waals surface area contributed by atoms with E-state index in [1.807, 2.05) is 51.4 Å². The van der Waals surface area contributed by atoms with Gasteiger partial charge in [0.15, 0.2) is 0 Å². The molecule has 3 heterocycles. The second kappa shape index (κ2) is 9.34. The molecule has 1 aliphatic heterocycles. The van der Waals surface area contributed by atoms with E-state index in [1.54, 1.807) is 0 Å². The molecule has 1 fully saturated rings. The maximum atomic E-state index is 12.1. The maximum Gasteiger partial charge on any atom is 0.407 e. The van der Waals surface area contributed by atoms with Crippen LogP contribution in [0.1, 0.15) is 44.7 Å². The number of hydrogen-bond acceptors (Lipinski definition) is 5. The summed E-state index contributed by atoms with van der Waals surface area (Å²) in [5.74, 6) is 0.842. The van der Waals surface area contributed by atoms with Crippen LogP contribution in [-0.2, 0) is 11.3 Å². The zero-order valence-corrected chi connectivity index (χ0v) is 20.9. The molecule has 1 saturated heterocycles. The van der Waals surface area contributed by atoms with Gasteiger partial charge in [0.05, 0.1) is 0 Å². The minimum Gasteiger partial charge on any atom is -0.456 e. The molecule has 35 heavy (non-hydrogen) atoms. The van der Waals surface area contributed by atoms with Gasteiger partial charge in [0.2, 0.25) is 0 Å². The largest absolute Gasteiger partial charge is 0.456 e. The Bertz CT molecular complexity index is 1330. The number of ether oxygens (including phenoxy) is 1. The van der Waals surface area contributed by atoms with Crippen molar-refractivity contribution in [2.75, 3.05) is 13.1 Å². The van der Waals surface area contributed by atoms with Crippen LogP contribution >= 0.6 is 0 Å². The molecule has 0 aliphatic carbocycles. The van der Waals surface area contributed by atoms with Gasteiger partial charge in [0.25, 0.3) is 0 Å². The number of carbonyl (C=O) groups excluding carboxylic acids is 1. The van der Waals surface area contributed by atoms with Gasteiger partial charge in [0.1, 0.15) is 16.9 Å². The lowest BCUT2D eigenvalue weighted by atomic mass is 9.98. The van der Waals surface area contributed by atoms with Gasteiger partial charge in [-0.1, -0.05) is 24.3 Å². The molecule has 2 aromatic heterocycles. The summed E-state index contributed by atoms with van der Waals surface area (Å²) in [6, 6.07) is 14.9. The maximum absolute atomic E-state index is 12.1. The van der Waals surface area contributed by atoms with E-state index < -0.39 is 5.60 Å². The van der Waals surface area contributed by atoms with Gasteiger partial charge in [-0.05, 0) is 75.2 Å². The van der Waals surface area contributed by atoms with Crippen molar-refractivity contribution >= 4 is 27.8 Å². The molecule has 4 aromatic rings. The van der Waals surface area contributed by atoms with Crippen LogP contribution in [-0.4, -0.2) is 40.7 Å². The quantitative estimate of drug-likeness (QED) is 0.371. The van der Waals surface area contributed by atoms with E-state index in [0.717, 1.165) is 65.5 Å². The lowest BCUT2D eigenvalue weighted by Crippen LogP contribution is -2.45. The summed E-state index contributed by atoms with van der Waals surface area (Å²) in [5.41, 5.74) is 3.91. The number of pyridine rings is 1. The van der Waals surface area contributed by atoms with Crippen LogP contribution in [0.4, 0.5) is 4.79 Å². The van der Waals surface area contributed by atoms with Crippen molar-refractivity contribution in [3.63, 3.8) is 0 Å². The summed E-state index contributed by atoms with van der Waals surface area (Å²) in [7, 11) is 0. The van der Waals surface area contributed by atoms with Gasteiger partial charge in [-0.2, -0.15) is 0 Å². The summed E-state index contributed by atoms with van der Waals surface area (Å²) < 4.78 is 11.6. The lowest BCUT2D eigenvalue weighted by Gasteiger charge is -2.33. The molecule has 6 nitrogen and oxygen atoms in total. The Hall–Kier alpha value is -3.38. The molecule has 0 atom stereocenters. The summed E-state index contributed by atoms with van der Waals surface area (Å²) in [6.07, 6.45) is 5.35. The number of rotatable bonds is 4. The number of likely N-dealkylation sites (tertiary alicyclic amines) is 1. The Morgan fingerprint density at radius 3 is 2.63 bits per heavy atom. The van der Waals surface area contributed by atoms with Crippen LogP contribution in [0.5, 0.6) is 0 Å². The van der Waals surface area contributed by atoms with Crippen molar-refractivity contribution in [2.24, 2.45) is 0 Å². The third-order valence-corrected chi connectivity index (χ3v) is 6.55. The number of furan rings is 1. The average Bonchev–Trinajstić information content (AvgIpc) is 3.23. The number of amides is 1. The zero-order valence-electron chi connectivity index (χ0n) is 20.9. The minimum atomic E-state index is -0.477. The number of alkyl carbamates (subject to hydrolysis) is 1. The number of hydrogen-bond donors (Lipinski definition) is 1. The first kappa shape index (κ1) is 23.4. The van der Waals surface area contributed by atoms with E-state index in [4.69, 9.17) is 9.15 Å². The predicted molar refractivity (Wildman–Crippen MR) is 139 cm³/mol. The normalized spacial score (nSPS) is 15.5. The van der Waals surface area contributed by atoms with Crippen molar-refractivity contribution in [1.29, 1.82) is 0 Å². The third-order valence-electron chi connectivity index (χ3n) is 6.55. The fourth-order valence-corrected chi connectivity index (χ4v) is 4.89. The van der Waals surface area contributed by atoms with E-state index >= 15 is 0 Å². The topological polar surface area (TPSA) is 67.6 Å². The van der Waals surface area contributed by atoms with Crippen LogP contribution in [0, 0.1) is 6.92 Å². The second-order valence-electron chi connectivity index (χ2n) is 10.5. The van der Waals surface area contributed by atoms with E-state index in [2.05, 4.69) is 46.4 Å². The Kier molecular flexibility index (Phi) is 6.24. The molecule has 0 radical (unpaired) electrons. The van der Waals surface area contributed by atoms with Gasteiger partial charge < -0.3 is 14.5 Å². The molecule has 1 amide bonds. The van der Waals surface area contributed by atoms with Crippen LogP contribution in [0.15, 0.2) is 59.3 Å². The van der Waals surface area contributed by atoms with E-state index in [1.165, 1.54) is 11.1 Å². The van der Waals surface area contributed by atoms with E-state index in [0.29, 0.717) is 0 Å². The van der Waals surface area contributed by atoms with E-state index in [-0.39, 0.29) is 12.1 Å². The molecule has 0 bridgehead atoms. The Morgan fingerprint density at radius 1 is 1.11 bits per heavy atom. The van der Waals surface area contributed by atoms with Crippen LogP contribution < -0.4 is 5.32 Å². The number of nitrogens with one attached hydrogen (secondary N) is 1. The first-order valence-electron chi connectivity index (χ1n) is 12.3. The average molecular weight is 472 g/mol. The SMILES string of the molecule is Cc1cc(CN2CCC(NC(=O)OC(C)(C)C)CC2)cc2c(-c3cc4ccccc4o3)cncc12. The summed E-state index contributed by atoms with van der Waals surface area (Å²) >= 11 is 0. The molecule has 1 N–H and O–H groups in total. The minimum absolute atomic E-state index is 0.158. The van der Waals surface area contributed by atoms with Crippen LogP contribution in [0.25, 0.3) is 33.1 Å². The fraction of sp³-hybridized carbons (Fsp3) is 0.379. The van der Waals surface area contributed by atoms with Crippen molar-refractivity contribution in [3.8, 4) is 11.3 Å². The molecule has 0 saturated carbocycles. The molecule has 182 valence electrons. The smallest absolute Gasteiger partial charge is 0.407 e. The highest BCUT2D eigenvalue weighted by Crippen LogP contribution is 2.34. The number of aromatic nitrogens is 1. The molecular formula is C29H33N3O3. The van der Waals surface area contributed by atoms with E-state index in [9.17, 15) is 4.79 Å². The second-order valence-corrected chi connectivity index (χ2v) is 10.5. The first-order valence-corrected chi connectivity index (χ1v) is 12.3. The lowest BCUT2D eigenvalue weighted by molar-refractivity contribution is 0.0477. The molecule has 0 unspecified atom stereocenters. The van der Waals surface area contributed by atoms with Gasteiger partial charge in [-0.3, -0.25) is 9.88 Å². The van der Waals surface area contributed by atoms with Crippen molar-refractivity contribution < 1.29 is 13.9 Å². The zero-order chi connectivity index (χ0) is 24.6. The Labute approximate surface area is 206 Å². The van der Waals surface area contributed by atoms with Crippen molar-refractivity contribution in [3.05, 3.63) is 66.0 Å². The first-order chi connectivity index (χ1) is 16.7. The highest BCUT2D eigenvalue weighted by Gasteiger charge is 2.24. The third kappa shape index (κ3) is 5.33. The number of benzene rings is 2. The highest BCUT2D eigenvalue weighted by molar-refractivity contribution is 5.98. The monoisotopic (exact) mass is 471 g/mol. The van der Waals surface area contributed by atoms with Crippen molar-refractivity contribution in [2.45, 2.75) is 58.7 Å². The number of nitrogens with zero attached hydrogens (tertiary/aromatic N) is 2. The van der Waals surface area contributed by atoms with Gasteiger partial charge in [-0.25, -0.2) is 4.79 Å². The molecule has 2 aromatic carbocycles. The number of fused-ring (bicyclic) bond motifs is 2. The number of piperidine rings is 1. The number of aryl methyl sites for hydroxylation is 1. The summed E-state index contributed by atoms with van der Waals surface area (Å²) in [4.78, 5) is 19.1. The summed E-state index contributed by atoms with van der Waals surface area (Å²) in [6.45, 7) is 10.5. The van der Waals surface area contributed by atoms with Crippen LogP contribution in [0.2, 0.25) is 0 Å².